The molecule has 0 radical (unpaired) electrons. The first-order valence-electron chi connectivity index (χ1n) is 9.40. The highest BCUT2D eigenvalue weighted by Crippen LogP contribution is 2.20. The summed E-state index contributed by atoms with van der Waals surface area (Å²) >= 11 is 0. The Hall–Kier alpha value is -2.38. The minimum absolute atomic E-state index is 0.0858. The molecule has 1 heterocycles. The van der Waals surface area contributed by atoms with Crippen LogP contribution in [0.3, 0.4) is 0 Å². The number of H-pyrrole nitrogens is 1. The zero-order valence-corrected chi connectivity index (χ0v) is 15.9. The van der Waals surface area contributed by atoms with Gasteiger partial charge in [-0.2, -0.15) is 0 Å². The van der Waals surface area contributed by atoms with Crippen LogP contribution < -0.4 is 10.0 Å². The number of aromatic nitrogens is 2. The summed E-state index contributed by atoms with van der Waals surface area (Å²) in [4.78, 5) is 8.06. The van der Waals surface area contributed by atoms with Gasteiger partial charge in [-0.05, 0) is 49.1 Å². The van der Waals surface area contributed by atoms with Gasteiger partial charge >= 0.3 is 0 Å². The standard InChI is InChI=1S/C20H24N4O2S/c25-27(26,24-16-5-1-2-6-16)17-11-9-15(10-12-17)13-14-21-20-22-18-7-3-4-8-19(18)23-20/h3-4,7-12,16,24H,1-2,5-6,13-14H2,(H2,21,22,23). The van der Waals surface area contributed by atoms with Crippen LogP contribution in [0.15, 0.2) is 53.4 Å². The molecule has 0 aliphatic heterocycles. The van der Waals surface area contributed by atoms with Crippen LogP contribution in [0.2, 0.25) is 0 Å². The number of fused-ring (bicyclic) bond motifs is 1. The summed E-state index contributed by atoms with van der Waals surface area (Å²) in [5, 5.41) is 3.28. The predicted molar refractivity (Wildman–Crippen MR) is 107 cm³/mol. The largest absolute Gasteiger partial charge is 0.355 e. The maximum absolute atomic E-state index is 12.4. The average molecular weight is 385 g/mol. The molecule has 4 rings (SSSR count). The maximum Gasteiger partial charge on any atom is 0.240 e. The zero-order chi connectivity index (χ0) is 18.7. The summed E-state index contributed by atoms with van der Waals surface area (Å²) < 4.78 is 27.7. The number of para-hydroxylation sites is 2. The Kier molecular flexibility index (Phi) is 5.13. The van der Waals surface area contributed by atoms with Crippen molar-refractivity contribution in [1.29, 1.82) is 0 Å². The fourth-order valence-corrected chi connectivity index (χ4v) is 4.83. The molecule has 0 saturated heterocycles. The average Bonchev–Trinajstić information content (AvgIpc) is 3.31. The summed E-state index contributed by atoms with van der Waals surface area (Å²) in [5.41, 5.74) is 3.02. The van der Waals surface area contributed by atoms with Crippen molar-refractivity contribution in [2.45, 2.75) is 43.0 Å². The monoisotopic (exact) mass is 384 g/mol. The van der Waals surface area contributed by atoms with E-state index >= 15 is 0 Å². The van der Waals surface area contributed by atoms with Crippen molar-refractivity contribution in [3.8, 4) is 0 Å². The van der Waals surface area contributed by atoms with E-state index in [0.29, 0.717) is 11.4 Å². The van der Waals surface area contributed by atoms with E-state index in [1.165, 1.54) is 0 Å². The van der Waals surface area contributed by atoms with Crippen molar-refractivity contribution < 1.29 is 8.42 Å². The van der Waals surface area contributed by atoms with Crippen molar-refractivity contribution >= 4 is 27.0 Å². The van der Waals surface area contributed by atoms with Crippen LogP contribution in [0.25, 0.3) is 11.0 Å². The van der Waals surface area contributed by atoms with Crippen LogP contribution in [0.4, 0.5) is 5.95 Å². The molecule has 1 saturated carbocycles. The lowest BCUT2D eigenvalue weighted by atomic mass is 10.1. The first-order chi connectivity index (χ1) is 13.1. The van der Waals surface area contributed by atoms with Gasteiger partial charge in [-0.15, -0.1) is 0 Å². The van der Waals surface area contributed by atoms with E-state index < -0.39 is 10.0 Å². The molecule has 1 aliphatic carbocycles. The zero-order valence-electron chi connectivity index (χ0n) is 15.1. The molecular weight excluding hydrogens is 360 g/mol. The number of nitrogens with zero attached hydrogens (tertiary/aromatic N) is 1. The smallest absolute Gasteiger partial charge is 0.240 e. The number of aromatic amines is 1. The molecule has 3 N–H and O–H groups in total. The molecule has 0 amide bonds. The number of hydrogen-bond donors (Lipinski definition) is 3. The third kappa shape index (κ3) is 4.31. The van der Waals surface area contributed by atoms with Gasteiger partial charge < -0.3 is 10.3 Å². The van der Waals surface area contributed by atoms with Crippen molar-refractivity contribution in [1.82, 2.24) is 14.7 Å². The molecule has 1 aromatic heterocycles. The second-order valence-corrected chi connectivity index (χ2v) is 8.74. The van der Waals surface area contributed by atoms with Gasteiger partial charge in [0, 0.05) is 12.6 Å². The van der Waals surface area contributed by atoms with Gasteiger partial charge in [-0.3, -0.25) is 0 Å². The van der Waals surface area contributed by atoms with Gasteiger partial charge in [0.2, 0.25) is 16.0 Å². The molecule has 7 heteroatoms. The van der Waals surface area contributed by atoms with E-state index in [2.05, 4.69) is 20.0 Å². The molecule has 0 atom stereocenters. The van der Waals surface area contributed by atoms with Gasteiger partial charge in [0.15, 0.2) is 0 Å². The van der Waals surface area contributed by atoms with Crippen molar-refractivity contribution in [3.63, 3.8) is 0 Å². The predicted octanol–water partition coefficient (Wildman–Crippen LogP) is 3.44. The molecule has 27 heavy (non-hydrogen) atoms. The van der Waals surface area contributed by atoms with Crippen LogP contribution in [-0.2, 0) is 16.4 Å². The van der Waals surface area contributed by atoms with E-state index in [9.17, 15) is 8.42 Å². The summed E-state index contributed by atoms with van der Waals surface area (Å²) in [5.74, 6) is 0.746. The lowest BCUT2D eigenvalue weighted by Gasteiger charge is -2.13. The first-order valence-corrected chi connectivity index (χ1v) is 10.9. The van der Waals surface area contributed by atoms with Gasteiger partial charge in [-0.1, -0.05) is 37.1 Å². The lowest BCUT2D eigenvalue weighted by molar-refractivity contribution is 0.552. The SMILES string of the molecule is O=S(=O)(NC1CCCC1)c1ccc(CCNc2nc3ccccc3[nH]2)cc1. The topological polar surface area (TPSA) is 86.9 Å². The Morgan fingerprint density at radius 1 is 1.04 bits per heavy atom. The lowest BCUT2D eigenvalue weighted by Crippen LogP contribution is -2.32. The highest BCUT2D eigenvalue weighted by atomic mass is 32.2. The summed E-state index contributed by atoms with van der Waals surface area (Å²) in [6, 6.07) is 15.1. The normalized spacial score (nSPS) is 15.4. The number of imidazole rings is 1. The molecule has 0 unspecified atom stereocenters. The highest BCUT2D eigenvalue weighted by molar-refractivity contribution is 7.89. The Morgan fingerprint density at radius 3 is 2.52 bits per heavy atom. The van der Waals surface area contributed by atoms with Crippen molar-refractivity contribution in [2.75, 3.05) is 11.9 Å². The molecule has 0 bridgehead atoms. The second-order valence-electron chi connectivity index (χ2n) is 7.03. The molecular formula is C20H24N4O2S. The Bertz CT molecular complexity index is 973. The maximum atomic E-state index is 12.4. The summed E-state index contributed by atoms with van der Waals surface area (Å²) in [7, 11) is -3.42. The molecule has 3 aromatic rings. The summed E-state index contributed by atoms with van der Waals surface area (Å²) in [6.07, 6.45) is 4.86. The fraction of sp³-hybridized carbons (Fsp3) is 0.350. The van der Waals surface area contributed by atoms with Crippen LogP contribution in [0, 0.1) is 0 Å². The van der Waals surface area contributed by atoms with Crippen molar-refractivity contribution in [3.05, 3.63) is 54.1 Å². The fourth-order valence-electron chi connectivity index (χ4n) is 3.53. The van der Waals surface area contributed by atoms with E-state index in [1.807, 2.05) is 36.4 Å². The number of sulfonamides is 1. The number of rotatable bonds is 7. The van der Waals surface area contributed by atoms with E-state index in [1.54, 1.807) is 12.1 Å². The Morgan fingerprint density at radius 2 is 1.78 bits per heavy atom. The minimum atomic E-state index is -3.42. The van der Waals surface area contributed by atoms with Crippen LogP contribution in [0.5, 0.6) is 0 Å². The van der Waals surface area contributed by atoms with E-state index in [-0.39, 0.29) is 6.04 Å². The van der Waals surface area contributed by atoms with E-state index in [4.69, 9.17) is 0 Å². The molecule has 6 nitrogen and oxygen atoms in total. The minimum Gasteiger partial charge on any atom is -0.355 e. The number of benzene rings is 2. The number of anilines is 1. The molecule has 0 spiro atoms. The highest BCUT2D eigenvalue weighted by Gasteiger charge is 2.22. The molecule has 2 aromatic carbocycles. The molecule has 1 aliphatic rings. The van der Waals surface area contributed by atoms with E-state index in [0.717, 1.165) is 54.6 Å². The molecule has 1 fully saturated rings. The van der Waals surface area contributed by atoms with Crippen LogP contribution in [-0.4, -0.2) is 31.0 Å². The van der Waals surface area contributed by atoms with Crippen LogP contribution >= 0.6 is 0 Å². The molecule has 142 valence electrons. The number of nitrogens with one attached hydrogen (secondary N) is 3. The second kappa shape index (κ2) is 7.70. The van der Waals surface area contributed by atoms with Crippen molar-refractivity contribution in [2.24, 2.45) is 0 Å². The first kappa shape index (κ1) is 18.0. The van der Waals surface area contributed by atoms with Gasteiger partial charge in [0.1, 0.15) is 0 Å². The third-order valence-corrected chi connectivity index (χ3v) is 6.54. The van der Waals surface area contributed by atoms with Gasteiger partial charge in [0.25, 0.3) is 0 Å². The number of hydrogen-bond acceptors (Lipinski definition) is 4. The quantitative estimate of drug-likeness (QED) is 0.582. The Balaban J connectivity index is 1.33. The third-order valence-electron chi connectivity index (χ3n) is 5.01. The summed E-state index contributed by atoms with van der Waals surface area (Å²) in [6.45, 7) is 0.715. The van der Waals surface area contributed by atoms with Crippen LogP contribution in [0.1, 0.15) is 31.2 Å². The Labute approximate surface area is 159 Å². The van der Waals surface area contributed by atoms with Gasteiger partial charge in [-0.25, -0.2) is 18.1 Å². The van der Waals surface area contributed by atoms with Gasteiger partial charge in [0.05, 0.1) is 15.9 Å².